The van der Waals surface area contributed by atoms with Crippen molar-refractivity contribution in [2.24, 2.45) is 0 Å². The summed E-state index contributed by atoms with van der Waals surface area (Å²) < 4.78 is 10.9. The van der Waals surface area contributed by atoms with E-state index in [1.165, 1.54) is 4.90 Å². The Morgan fingerprint density at radius 1 is 1.12 bits per heavy atom. The number of aliphatic hydroxyl groups excluding tert-OH is 1. The molecule has 176 valence electrons. The molecular formula is C26H25ClN2O5. The summed E-state index contributed by atoms with van der Waals surface area (Å²) in [5, 5.41) is 15.5. The minimum Gasteiger partial charge on any atom is -0.507 e. The summed E-state index contributed by atoms with van der Waals surface area (Å²) in [6.07, 6.45) is 3.16. The Balaban J connectivity index is 1.76. The third-order valence-electron chi connectivity index (χ3n) is 5.64. The summed E-state index contributed by atoms with van der Waals surface area (Å²) in [7, 11) is 0. The minimum atomic E-state index is -0.894. The van der Waals surface area contributed by atoms with Crippen LogP contribution >= 0.6 is 11.6 Å². The third kappa shape index (κ3) is 4.70. The van der Waals surface area contributed by atoms with Gasteiger partial charge in [-0.1, -0.05) is 48.7 Å². The van der Waals surface area contributed by atoms with Crippen LogP contribution < -0.4 is 9.64 Å². The van der Waals surface area contributed by atoms with Gasteiger partial charge in [0.1, 0.15) is 17.3 Å². The highest BCUT2D eigenvalue weighted by Gasteiger charge is 2.48. The van der Waals surface area contributed by atoms with Gasteiger partial charge < -0.3 is 14.4 Å². The largest absolute Gasteiger partial charge is 0.507 e. The number of anilines is 1. The molecule has 0 saturated carbocycles. The molecule has 1 aliphatic heterocycles. The topological polar surface area (TPSA) is 92.9 Å². The Labute approximate surface area is 202 Å². The van der Waals surface area contributed by atoms with Gasteiger partial charge in [-0.25, -0.2) is 0 Å². The number of Topliss-reactive ketones (excluding diaryl/α,β-unsaturated/α-hetero) is 1. The van der Waals surface area contributed by atoms with Crippen molar-refractivity contribution in [1.29, 1.82) is 0 Å². The molecule has 1 aliphatic rings. The molecule has 1 saturated heterocycles. The average Bonchev–Trinajstić information content (AvgIpc) is 3.37. The van der Waals surface area contributed by atoms with Gasteiger partial charge in [-0.3, -0.25) is 14.5 Å². The van der Waals surface area contributed by atoms with Gasteiger partial charge in [0.15, 0.2) is 5.82 Å². The van der Waals surface area contributed by atoms with E-state index < -0.39 is 17.7 Å². The molecule has 1 amide bonds. The Bertz CT molecular complexity index is 1210. The van der Waals surface area contributed by atoms with Crippen LogP contribution in [0.5, 0.6) is 5.75 Å². The van der Waals surface area contributed by atoms with E-state index in [9.17, 15) is 14.7 Å². The molecule has 7 nitrogen and oxygen atoms in total. The maximum absolute atomic E-state index is 13.1. The van der Waals surface area contributed by atoms with Gasteiger partial charge in [-0.05, 0) is 55.3 Å². The first kappa shape index (κ1) is 23.6. The lowest BCUT2D eigenvalue weighted by atomic mass is 9.95. The monoisotopic (exact) mass is 480 g/mol. The van der Waals surface area contributed by atoms with E-state index in [0.717, 1.165) is 19.3 Å². The quantitative estimate of drug-likeness (QED) is 0.189. The maximum Gasteiger partial charge on any atom is 0.301 e. The summed E-state index contributed by atoms with van der Waals surface area (Å²) in [4.78, 5) is 27.4. The molecule has 1 fully saturated rings. The first-order valence-corrected chi connectivity index (χ1v) is 11.5. The first-order chi connectivity index (χ1) is 16.4. The lowest BCUT2D eigenvalue weighted by Crippen LogP contribution is -2.29. The molecule has 0 aliphatic carbocycles. The highest BCUT2D eigenvalue weighted by molar-refractivity contribution is 6.51. The Morgan fingerprint density at radius 2 is 1.82 bits per heavy atom. The van der Waals surface area contributed by atoms with Gasteiger partial charge in [0.2, 0.25) is 0 Å². The number of nitrogens with zero attached hydrogens (tertiary/aromatic N) is 2. The zero-order valence-corrected chi connectivity index (χ0v) is 19.7. The molecule has 0 spiro atoms. The van der Waals surface area contributed by atoms with Crippen molar-refractivity contribution in [2.75, 3.05) is 11.5 Å². The van der Waals surface area contributed by atoms with Crippen LogP contribution in [0.15, 0.2) is 64.7 Å². The number of hydrogen-bond donors (Lipinski definition) is 1. The predicted octanol–water partition coefficient (Wildman–Crippen LogP) is 5.83. The van der Waals surface area contributed by atoms with Crippen LogP contribution in [0.3, 0.4) is 0 Å². The summed E-state index contributed by atoms with van der Waals surface area (Å²) in [5.74, 6) is -0.523. The summed E-state index contributed by atoms with van der Waals surface area (Å²) in [5.41, 5.74) is 0.959. The molecule has 8 heteroatoms. The number of amides is 1. The Kier molecular flexibility index (Phi) is 7.03. The second-order valence-electron chi connectivity index (χ2n) is 8.10. The fourth-order valence-electron chi connectivity index (χ4n) is 3.90. The zero-order chi connectivity index (χ0) is 24.2. The van der Waals surface area contributed by atoms with Crippen molar-refractivity contribution in [3.05, 3.63) is 82.1 Å². The Hall–Kier alpha value is -3.58. The lowest BCUT2D eigenvalue weighted by Gasteiger charge is -2.23. The number of hydrogen-bond acceptors (Lipinski definition) is 6. The van der Waals surface area contributed by atoms with E-state index >= 15 is 0 Å². The van der Waals surface area contributed by atoms with Crippen molar-refractivity contribution in [1.82, 2.24) is 5.16 Å². The van der Waals surface area contributed by atoms with Gasteiger partial charge in [0.25, 0.3) is 5.78 Å². The highest BCUT2D eigenvalue weighted by atomic mass is 35.5. The number of halogens is 1. The lowest BCUT2D eigenvalue weighted by molar-refractivity contribution is -0.132. The fraction of sp³-hybridized carbons (Fsp3) is 0.269. The SMILES string of the molecule is CCCCCOc1ccc(C2C(=C(O)c3ccc(Cl)cc3)C(=O)C(=O)N2c2cc(C)on2)cc1. The van der Waals surface area contributed by atoms with Gasteiger partial charge in [0.05, 0.1) is 18.2 Å². The molecule has 0 radical (unpaired) electrons. The van der Waals surface area contributed by atoms with Crippen LogP contribution in [0, 0.1) is 6.92 Å². The molecule has 1 N–H and O–H groups in total. The number of rotatable bonds is 8. The summed E-state index contributed by atoms with van der Waals surface area (Å²) >= 11 is 5.97. The number of ether oxygens (including phenoxy) is 1. The molecule has 3 aromatic rings. The zero-order valence-electron chi connectivity index (χ0n) is 19.0. The second-order valence-corrected chi connectivity index (χ2v) is 8.53. The molecular weight excluding hydrogens is 456 g/mol. The predicted molar refractivity (Wildman–Crippen MR) is 129 cm³/mol. The van der Waals surface area contributed by atoms with Crippen molar-refractivity contribution in [3.63, 3.8) is 0 Å². The molecule has 0 bridgehead atoms. The van der Waals surface area contributed by atoms with Crippen molar-refractivity contribution < 1.29 is 24.0 Å². The number of aryl methyl sites for hydroxylation is 1. The average molecular weight is 481 g/mol. The molecule has 1 atom stereocenters. The van der Waals surface area contributed by atoms with Gasteiger partial charge >= 0.3 is 5.91 Å². The van der Waals surface area contributed by atoms with E-state index in [4.69, 9.17) is 20.9 Å². The molecule has 1 unspecified atom stereocenters. The van der Waals surface area contributed by atoms with Crippen molar-refractivity contribution in [3.8, 4) is 5.75 Å². The van der Waals surface area contributed by atoms with Crippen LogP contribution in [0.1, 0.15) is 49.1 Å². The summed E-state index contributed by atoms with van der Waals surface area (Å²) in [6.45, 7) is 4.44. The van der Waals surface area contributed by atoms with Gasteiger partial charge in [-0.15, -0.1) is 0 Å². The van der Waals surface area contributed by atoms with E-state index in [1.807, 2.05) is 0 Å². The molecule has 1 aromatic heterocycles. The van der Waals surface area contributed by atoms with E-state index in [0.29, 0.717) is 34.3 Å². The van der Waals surface area contributed by atoms with Crippen LogP contribution in [0.4, 0.5) is 5.82 Å². The number of ketones is 1. The van der Waals surface area contributed by atoms with Crippen LogP contribution in [-0.2, 0) is 9.59 Å². The number of carbonyl (C=O) groups excluding carboxylic acids is 2. The molecule has 2 aromatic carbocycles. The van der Waals surface area contributed by atoms with Crippen molar-refractivity contribution >= 4 is 34.9 Å². The molecule has 2 heterocycles. The van der Waals surface area contributed by atoms with Crippen molar-refractivity contribution in [2.45, 2.75) is 39.2 Å². The number of aliphatic hydroxyl groups is 1. The maximum atomic E-state index is 13.1. The smallest absolute Gasteiger partial charge is 0.301 e. The first-order valence-electron chi connectivity index (χ1n) is 11.1. The summed E-state index contributed by atoms with van der Waals surface area (Å²) in [6, 6.07) is 14.2. The normalized spacial score (nSPS) is 17.4. The van der Waals surface area contributed by atoms with Crippen LogP contribution in [0.25, 0.3) is 5.76 Å². The van der Waals surface area contributed by atoms with Crippen LogP contribution in [0.2, 0.25) is 5.02 Å². The van der Waals surface area contributed by atoms with Crippen LogP contribution in [-0.4, -0.2) is 28.6 Å². The van der Waals surface area contributed by atoms with Gasteiger partial charge in [-0.2, -0.15) is 0 Å². The molecule has 4 rings (SSSR count). The third-order valence-corrected chi connectivity index (χ3v) is 5.89. The number of benzene rings is 2. The minimum absolute atomic E-state index is 0.0374. The van der Waals surface area contributed by atoms with Gasteiger partial charge in [0, 0.05) is 16.7 Å². The molecule has 34 heavy (non-hydrogen) atoms. The fourth-order valence-corrected chi connectivity index (χ4v) is 4.03. The number of unbranched alkanes of at least 4 members (excludes halogenated alkanes) is 2. The standard InChI is InChI=1S/C26H25ClN2O5/c1-3-4-5-14-33-20-12-8-17(9-13-20)23-22(24(30)18-6-10-19(27)11-7-18)25(31)26(32)29(23)21-15-16(2)34-28-21/h6-13,15,23,30H,3-5,14H2,1-2H3. The number of carbonyl (C=O) groups is 2. The number of aromatic nitrogens is 1. The second kappa shape index (κ2) is 10.1. The highest BCUT2D eigenvalue weighted by Crippen LogP contribution is 2.42. The Morgan fingerprint density at radius 3 is 2.44 bits per heavy atom. The van der Waals surface area contributed by atoms with E-state index in [2.05, 4.69) is 12.1 Å². The van der Waals surface area contributed by atoms with E-state index in [1.54, 1.807) is 61.5 Å². The van der Waals surface area contributed by atoms with E-state index in [-0.39, 0.29) is 17.2 Å².